The van der Waals surface area contributed by atoms with E-state index in [9.17, 15) is 0 Å². The minimum absolute atomic E-state index is 0.0875. The van der Waals surface area contributed by atoms with Crippen molar-refractivity contribution in [2.45, 2.75) is 19.3 Å². The van der Waals surface area contributed by atoms with Gasteiger partial charge in [0.05, 0.1) is 0 Å². The van der Waals surface area contributed by atoms with Gasteiger partial charge in [-0.05, 0) is 114 Å². The van der Waals surface area contributed by atoms with Gasteiger partial charge in [0.2, 0.25) is 0 Å². The lowest BCUT2D eigenvalue weighted by atomic mass is 9.82. The molecule has 250 valence electrons. The fraction of sp³-hybridized carbons (Fsp3) is 0.0588. The van der Waals surface area contributed by atoms with E-state index in [1.807, 2.05) is 11.3 Å². The van der Waals surface area contributed by atoms with Crippen molar-refractivity contribution < 1.29 is 0 Å². The van der Waals surface area contributed by atoms with Gasteiger partial charge >= 0.3 is 0 Å². The second-order valence-corrected chi connectivity index (χ2v) is 16.0. The van der Waals surface area contributed by atoms with Gasteiger partial charge in [0, 0.05) is 42.6 Å². The molecule has 0 saturated carbocycles. The zero-order chi connectivity index (χ0) is 35.3. The third kappa shape index (κ3) is 4.56. The molecule has 0 radical (unpaired) electrons. The molecule has 1 nitrogen and oxygen atoms in total. The molecule has 0 bridgehead atoms. The number of hydrogen-bond acceptors (Lipinski definition) is 2. The van der Waals surface area contributed by atoms with Crippen LogP contribution in [0.1, 0.15) is 25.0 Å². The Hall–Kier alpha value is -6.22. The van der Waals surface area contributed by atoms with E-state index in [4.69, 9.17) is 0 Å². The van der Waals surface area contributed by atoms with Gasteiger partial charge in [0.1, 0.15) is 0 Å². The van der Waals surface area contributed by atoms with Crippen LogP contribution in [0.15, 0.2) is 176 Å². The SMILES string of the molecule is CC1(C)c2ccccc2-c2ccc(N(c3ccc(-c4cccc5c4ccc4c6ccccc6ccc54)cc3)c3ccc4sc5ccccc5c4c3)cc21. The summed E-state index contributed by atoms with van der Waals surface area (Å²) in [6.07, 6.45) is 0. The van der Waals surface area contributed by atoms with Crippen molar-refractivity contribution >= 4 is 80.9 Å². The lowest BCUT2D eigenvalue weighted by Crippen LogP contribution is -2.16. The van der Waals surface area contributed by atoms with Gasteiger partial charge < -0.3 is 4.90 Å². The number of hydrogen-bond donors (Lipinski definition) is 0. The molecular weight excluding hydrogens is 659 g/mol. The molecule has 2 heteroatoms. The van der Waals surface area contributed by atoms with Crippen LogP contribution >= 0.6 is 11.3 Å². The highest BCUT2D eigenvalue weighted by atomic mass is 32.1. The molecule has 0 spiro atoms. The molecule has 11 rings (SSSR count). The van der Waals surface area contributed by atoms with Gasteiger partial charge in [-0.1, -0.05) is 141 Å². The highest BCUT2D eigenvalue weighted by molar-refractivity contribution is 7.25. The topological polar surface area (TPSA) is 3.24 Å². The quantitative estimate of drug-likeness (QED) is 0.166. The van der Waals surface area contributed by atoms with Gasteiger partial charge in [-0.25, -0.2) is 0 Å². The maximum absolute atomic E-state index is 2.44. The Morgan fingerprint density at radius 1 is 0.377 bits per heavy atom. The van der Waals surface area contributed by atoms with Crippen LogP contribution in [-0.2, 0) is 5.41 Å². The first-order valence-electron chi connectivity index (χ1n) is 18.4. The molecule has 1 heterocycles. The minimum Gasteiger partial charge on any atom is -0.310 e. The largest absolute Gasteiger partial charge is 0.310 e. The molecule has 0 atom stereocenters. The highest BCUT2D eigenvalue weighted by Crippen LogP contribution is 2.51. The van der Waals surface area contributed by atoms with Gasteiger partial charge in [-0.2, -0.15) is 0 Å². The zero-order valence-corrected chi connectivity index (χ0v) is 30.4. The van der Waals surface area contributed by atoms with E-state index in [-0.39, 0.29) is 5.41 Å². The van der Waals surface area contributed by atoms with Crippen LogP contribution in [-0.4, -0.2) is 0 Å². The van der Waals surface area contributed by atoms with Crippen molar-refractivity contribution in [3.05, 3.63) is 187 Å². The fourth-order valence-corrected chi connectivity index (χ4v) is 10.1. The Labute approximate surface area is 313 Å². The summed E-state index contributed by atoms with van der Waals surface area (Å²) in [6.45, 7) is 4.72. The van der Waals surface area contributed by atoms with Gasteiger partial charge in [-0.15, -0.1) is 11.3 Å². The van der Waals surface area contributed by atoms with Crippen LogP contribution in [0, 0.1) is 0 Å². The van der Waals surface area contributed by atoms with E-state index in [0.717, 1.165) is 11.4 Å². The second-order valence-electron chi connectivity index (χ2n) is 14.9. The van der Waals surface area contributed by atoms with Gasteiger partial charge in [-0.3, -0.25) is 0 Å². The van der Waals surface area contributed by atoms with Crippen LogP contribution in [0.5, 0.6) is 0 Å². The van der Waals surface area contributed by atoms with E-state index in [1.54, 1.807) is 0 Å². The van der Waals surface area contributed by atoms with E-state index in [1.165, 1.54) is 91.6 Å². The molecule has 1 aliphatic rings. The molecule has 0 N–H and O–H groups in total. The average molecular weight is 694 g/mol. The summed E-state index contributed by atoms with van der Waals surface area (Å²) < 4.78 is 2.64. The third-order valence-electron chi connectivity index (χ3n) is 11.7. The Balaban J connectivity index is 1.06. The van der Waals surface area contributed by atoms with Crippen molar-refractivity contribution in [3.63, 3.8) is 0 Å². The van der Waals surface area contributed by atoms with E-state index >= 15 is 0 Å². The maximum Gasteiger partial charge on any atom is 0.0468 e. The van der Waals surface area contributed by atoms with Crippen LogP contribution in [0.3, 0.4) is 0 Å². The van der Waals surface area contributed by atoms with E-state index in [2.05, 4.69) is 195 Å². The summed E-state index contributed by atoms with van der Waals surface area (Å²) in [6, 6.07) is 65.5. The zero-order valence-electron chi connectivity index (χ0n) is 29.6. The lowest BCUT2D eigenvalue weighted by molar-refractivity contribution is 0.660. The first kappa shape index (κ1) is 30.4. The Morgan fingerprint density at radius 2 is 0.981 bits per heavy atom. The molecule has 1 aromatic heterocycles. The summed E-state index contributed by atoms with van der Waals surface area (Å²) in [5.41, 5.74) is 11.3. The van der Waals surface area contributed by atoms with E-state index in [0.29, 0.717) is 0 Å². The van der Waals surface area contributed by atoms with Crippen molar-refractivity contribution in [1.29, 1.82) is 0 Å². The first-order valence-corrected chi connectivity index (χ1v) is 19.2. The second kappa shape index (κ2) is 11.4. The van der Waals surface area contributed by atoms with Crippen LogP contribution < -0.4 is 4.90 Å². The molecule has 1 aliphatic carbocycles. The number of benzene rings is 9. The fourth-order valence-electron chi connectivity index (χ4n) is 9.03. The van der Waals surface area contributed by atoms with E-state index < -0.39 is 0 Å². The summed E-state index contributed by atoms with van der Waals surface area (Å²) in [5, 5.41) is 10.3. The summed E-state index contributed by atoms with van der Waals surface area (Å²) >= 11 is 1.87. The number of thiophene rings is 1. The van der Waals surface area contributed by atoms with Crippen molar-refractivity contribution in [3.8, 4) is 22.3 Å². The Morgan fingerprint density at radius 3 is 1.89 bits per heavy atom. The third-order valence-corrected chi connectivity index (χ3v) is 12.8. The summed E-state index contributed by atoms with van der Waals surface area (Å²) in [7, 11) is 0. The monoisotopic (exact) mass is 693 g/mol. The molecule has 0 fully saturated rings. The molecule has 9 aromatic carbocycles. The predicted octanol–water partition coefficient (Wildman–Crippen LogP) is 15.0. The highest BCUT2D eigenvalue weighted by Gasteiger charge is 2.35. The molecule has 0 unspecified atom stereocenters. The van der Waals surface area contributed by atoms with Crippen LogP contribution in [0.4, 0.5) is 17.1 Å². The van der Waals surface area contributed by atoms with Crippen molar-refractivity contribution in [2.24, 2.45) is 0 Å². The molecule has 0 saturated heterocycles. The molecular formula is C51H35NS. The predicted molar refractivity (Wildman–Crippen MR) is 230 cm³/mol. The minimum atomic E-state index is -0.0875. The first-order chi connectivity index (χ1) is 26.0. The van der Waals surface area contributed by atoms with Crippen molar-refractivity contribution in [1.82, 2.24) is 0 Å². The van der Waals surface area contributed by atoms with Crippen LogP contribution in [0.2, 0.25) is 0 Å². The van der Waals surface area contributed by atoms with Gasteiger partial charge in [0.25, 0.3) is 0 Å². The van der Waals surface area contributed by atoms with Gasteiger partial charge in [0.15, 0.2) is 0 Å². The lowest BCUT2D eigenvalue weighted by Gasteiger charge is -2.28. The molecule has 10 aromatic rings. The Bertz CT molecular complexity index is 3090. The summed E-state index contributed by atoms with van der Waals surface area (Å²) in [5.74, 6) is 0. The van der Waals surface area contributed by atoms with Crippen molar-refractivity contribution in [2.75, 3.05) is 4.90 Å². The molecule has 0 aliphatic heterocycles. The average Bonchev–Trinajstić information content (AvgIpc) is 3.69. The smallest absolute Gasteiger partial charge is 0.0468 e. The number of anilines is 3. The maximum atomic E-state index is 2.44. The summed E-state index contributed by atoms with van der Waals surface area (Å²) in [4.78, 5) is 2.44. The Kier molecular flexibility index (Phi) is 6.53. The number of fused-ring (bicyclic) bond motifs is 11. The van der Waals surface area contributed by atoms with Crippen LogP contribution in [0.25, 0.3) is 74.7 Å². The normalized spacial score (nSPS) is 13.2. The molecule has 53 heavy (non-hydrogen) atoms. The number of rotatable bonds is 4. The molecule has 0 amide bonds. The number of nitrogens with zero attached hydrogens (tertiary/aromatic N) is 1. The standard InChI is InChI=1S/C51H35NS/c1-51(2)47-16-7-5-12-43(47)44-26-23-36(31-48(44)51)52(35-24-29-50-46(30-35)45-13-6-8-17-49(45)53-50)34-21-18-33(19-22-34)38-14-9-15-39-40(38)27-28-41-37-11-4-3-10-32(37)20-25-42(39)41/h3-31H,1-2H3.